The van der Waals surface area contributed by atoms with Crippen LogP contribution in [0.15, 0.2) is 30.3 Å². The van der Waals surface area contributed by atoms with Crippen LogP contribution in [0.4, 0.5) is 13.2 Å². The number of ether oxygens (including phenoxy) is 2. The number of hydrogen-bond acceptors (Lipinski definition) is 3. The Kier molecular flexibility index (Phi) is 3.77. The lowest BCUT2D eigenvalue weighted by Gasteiger charge is -2.31. The molecule has 0 amide bonds. The van der Waals surface area contributed by atoms with E-state index in [1.54, 1.807) is 0 Å². The summed E-state index contributed by atoms with van der Waals surface area (Å²) in [7, 11) is 1.70. The van der Waals surface area contributed by atoms with Crippen LogP contribution in [-0.4, -0.2) is 26.4 Å². The summed E-state index contributed by atoms with van der Waals surface area (Å²) in [4.78, 5) is 11.4. The van der Waals surface area contributed by atoms with Crippen molar-refractivity contribution in [3.8, 4) is 0 Å². The van der Waals surface area contributed by atoms with E-state index >= 15 is 0 Å². The van der Waals surface area contributed by atoms with Gasteiger partial charge in [-0.25, -0.2) is 4.79 Å². The molecule has 0 spiro atoms. The van der Waals surface area contributed by atoms with Crippen molar-refractivity contribution in [3.63, 3.8) is 0 Å². The van der Waals surface area contributed by atoms with Gasteiger partial charge in [0.15, 0.2) is 0 Å². The Morgan fingerprint density at radius 3 is 2.00 bits per heavy atom. The van der Waals surface area contributed by atoms with Crippen LogP contribution < -0.4 is 0 Å². The maximum Gasteiger partial charge on any atom is 0.432 e. The first-order valence-corrected chi connectivity index (χ1v) is 4.66. The second kappa shape index (κ2) is 4.75. The summed E-state index contributed by atoms with van der Waals surface area (Å²) in [6, 6.07) is 6.63. The molecule has 0 bridgehead atoms. The summed E-state index contributed by atoms with van der Waals surface area (Å²) in [6.45, 7) is 0. The van der Waals surface area contributed by atoms with E-state index in [1.165, 1.54) is 18.2 Å². The molecule has 0 N–H and O–H groups in total. The standard InChI is InChI=1S/C11H11F3O3/c1-16-9(15)10(17-2,11(12,13)14)8-6-4-3-5-7-8/h3-7H,1-2H3/t10-/m1/s1. The summed E-state index contributed by atoms with van der Waals surface area (Å²) >= 11 is 0. The second-order valence-corrected chi connectivity index (χ2v) is 3.24. The molecule has 0 aliphatic heterocycles. The Balaban J connectivity index is 3.43. The number of benzene rings is 1. The molecule has 1 aromatic rings. The van der Waals surface area contributed by atoms with Crippen molar-refractivity contribution in [2.24, 2.45) is 0 Å². The van der Waals surface area contributed by atoms with Gasteiger partial charge in [-0.05, 0) is 0 Å². The van der Waals surface area contributed by atoms with E-state index in [1.807, 2.05) is 0 Å². The van der Waals surface area contributed by atoms with E-state index in [4.69, 9.17) is 0 Å². The van der Waals surface area contributed by atoms with Crippen molar-refractivity contribution in [2.45, 2.75) is 11.8 Å². The molecule has 0 saturated carbocycles. The van der Waals surface area contributed by atoms with Crippen molar-refractivity contribution in [2.75, 3.05) is 14.2 Å². The van der Waals surface area contributed by atoms with Crippen LogP contribution in [0.2, 0.25) is 0 Å². The van der Waals surface area contributed by atoms with Crippen LogP contribution in [0.25, 0.3) is 0 Å². The normalized spacial score (nSPS) is 15.1. The molecule has 0 saturated heterocycles. The van der Waals surface area contributed by atoms with E-state index in [0.29, 0.717) is 0 Å². The number of carbonyl (C=O) groups is 1. The van der Waals surface area contributed by atoms with Crippen LogP contribution in [0.3, 0.4) is 0 Å². The topological polar surface area (TPSA) is 35.5 Å². The monoisotopic (exact) mass is 248 g/mol. The minimum absolute atomic E-state index is 0.318. The maximum atomic E-state index is 13.1. The average molecular weight is 248 g/mol. The number of esters is 1. The summed E-state index contributed by atoms with van der Waals surface area (Å²) < 4.78 is 47.9. The molecule has 3 nitrogen and oxygen atoms in total. The predicted octanol–water partition coefficient (Wildman–Crippen LogP) is 2.26. The number of halogens is 3. The Morgan fingerprint density at radius 1 is 1.12 bits per heavy atom. The molecule has 94 valence electrons. The lowest BCUT2D eigenvalue weighted by molar-refractivity contribution is -0.275. The van der Waals surface area contributed by atoms with Gasteiger partial charge in [-0.3, -0.25) is 0 Å². The van der Waals surface area contributed by atoms with Crippen LogP contribution >= 0.6 is 0 Å². The molecule has 0 heterocycles. The van der Waals surface area contributed by atoms with E-state index in [9.17, 15) is 18.0 Å². The highest BCUT2D eigenvalue weighted by Gasteiger charge is 2.63. The lowest BCUT2D eigenvalue weighted by atomic mass is 9.93. The summed E-state index contributed by atoms with van der Waals surface area (Å²) in [5, 5.41) is 0. The minimum Gasteiger partial charge on any atom is -0.466 e. The van der Waals surface area contributed by atoms with E-state index in [2.05, 4.69) is 9.47 Å². The number of hydrogen-bond donors (Lipinski definition) is 0. The average Bonchev–Trinajstić information content (AvgIpc) is 2.30. The van der Waals surface area contributed by atoms with Gasteiger partial charge in [0.1, 0.15) is 0 Å². The fourth-order valence-electron chi connectivity index (χ4n) is 1.53. The van der Waals surface area contributed by atoms with Crippen molar-refractivity contribution >= 4 is 5.97 Å². The molecule has 0 unspecified atom stereocenters. The zero-order chi connectivity index (χ0) is 13.1. The molecule has 0 aromatic heterocycles. The lowest BCUT2D eigenvalue weighted by Crippen LogP contribution is -2.51. The first-order valence-electron chi connectivity index (χ1n) is 4.66. The molecule has 17 heavy (non-hydrogen) atoms. The molecule has 1 aromatic carbocycles. The molecule has 1 atom stereocenters. The summed E-state index contributed by atoms with van der Waals surface area (Å²) in [5.41, 5.74) is -3.40. The first-order chi connectivity index (χ1) is 7.90. The molecule has 0 aliphatic rings. The van der Waals surface area contributed by atoms with E-state index in [0.717, 1.165) is 26.4 Å². The van der Waals surface area contributed by atoms with Gasteiger partial charge in [0.05, 0.1) is 7.11 Å². The van der Waals surface area contributed by atoms with Crippen LogP contribution in [0, 0.1) is 0 Å². The third-order valence-corrected chi connectivity index (χ3v) is 2.36. The van der Waals surface area contributed by atoms with Crippen molar-refractivity contribution in [1.82, 2.24) is 0 Å². The Bertz CT molecular complexity index is 389. The molecule has 0 radical (unpaired) electrons. The predicted molar refractivity (Wildman–Crippen MR) is 53.2 cm³/mol. The van der Waals surface area contributed by atoms with Gasteiger partial charge in [-0.2, -0.15) is 13.2 Å². The molecule has 0 aliphatic carbocycles. The van der Waals surface area contributed by atoms with E-state index in [-0.39, 0.29) is 5.56 Å². The zero-order valence-corrected chi connectivity index (χ0v) is 9.25. The van der Waals surface area contributed by atoms with E-state index < -0.39 is 17.7 Å². The Morgan fingerprint density at radius 2 is 1.65 bits per heavy atom. The fraction of sp³-hybridized carbons (Fsp3) is 0.364. The van der Waals surface area contributed by atoms with Crippen LogP contribution in [0.1, 0.15) is 5.56 Å². The molecule has 6 heteroatoms. The minimum atomic E-state index is -4.91. The highest BCUT2D eigenvalue weighted by atomic mass is 19.4. The fourth-order valence-corrected chi connectivity index (χ4v) is 1.53. The highest BCUT2D eigenvalue weighted by Crippen LogP contribution is 2.42. The molecule has 0 fully saturated rings. The van der Waals surface area contributed by atoms with Gasteiger partial charge >= 0.3 is 12.1 Å². The summed E-state index contributed by atoms with van der Waals surface area (Å²) in [6.07, 6.45) is -4.91. The third kappa shape index (κ3) is 2.12. The zero-order valence-electron chi connectivity index (χ0n) is 9.25. The smallest absolute Gasteiger partial charge is 0.432 e. The number of methoxy groups -OCH3 is 2. The van der Waals surface area contributed by atoms with Gasteiger partial charge in [-0.15, -0.1) is 0 Å². The van der Waals surface area contributed by atoms with Gasteiger partial charge in [-0.1, -0.05) is 30.3 Å². The number of alkyl halides is 3. The van der Waals surface area contributed by atoms with Crippen molar-refractivity contribution < 1.29 is 27.4 Å². The van der Waals surface area contributed by atoms with Gasteiger partial charge in [0.25, 0.3) is 5.60 Å². The summed E-state index contributed by atoms with van der Waals surface area (Å²) in [5.74, 6) is -1.50. The van der Waals surface area contributed by atoms with Crippen LogP contribution in [0.5, 0.6) is 0 Å². The quantitative estimate of drug-likeness (QED) is 0.770. The Labute approximate surface area is 96.1 Å². The van der Waals surface area contributed by atoms with Gasteiger partial charge in [0, 0.05) is 12.7 Å². The number of carbonyl (C=O) groups excluding carboxylic acids is 1. The second-order valence-electron chi connectivity index (χ2n) is 3.24. The SMILES string of the molecule is COC(=O)[C@](OC)(c1ccccc1)C(F)(F)F. The molecule has 1 rings (SSSR count). The largest absolute Gasteiger partial charge is 0.466 e. The van der Waals surface area contributed by atoms with Crippen LogP contribution in [-0.2, 0) is 19.9 Å². The first kappa shape index (κ1) is 13.5. The van der Waals surface area contributed by atoms with Gasteiger partial charge < -0.3 is 9.47 Å². The molecular formula is C11H11F3O3. The highest BCUT2D eigenvalue weighted by molar-refractivity contribution is 5.82. The van der Waals surface area contributed by atoms with Crippen molar-refractivity contribution in [1.29, 1.82) is 0 Å². The molecular weight excluding hydrogens is 237 g/mol. The Hall–Kier alpha value is -1.56. The third-order valence-electron chi connectivity index (χ3n) is 2.36. The number of rotatable bonds is 3. The van der Waals surface area contributed by atoms with Gasteiger partial charge in [0.2, 0.25) is 0 Å². The van der Waals surface area contributed by atoms with Crippen molar-refractivity contribution in [3.05, 3.63) is 35.9 Å². The maximum absolute atomic E-state index is 13.1.